The molecule has 3 aromatic rings. The molecule has 1 heterocycles. The van der Waals surface area contributed by atoms with Crippen molar-refractivity contribution >= 4 is 17.7 Å². The number of nitro groups is 1. The van der Waals surface area contributed by atoms with E-state index in [0.29, 0.717) is 11.6 Å². The zero-order chi connectivity index (χ0) is 18.5. The molecule has 0 aliphatic heterocycles. The Morgan fingerprint density at radius 1 is 1.04 bits per heavy atom. The van der Waals surface area contributed by atoms with Crippen LogP contribution in [-0.2, 0) is 0 Å². The zero-order valence-corrected chi connectivity index (χ0v) is 14.4. The largest absolute Gasteiger partial charge is 0.269 e. The molecular formula is C19H17N5O2. The Kier molecular flexibility index (Phi) is 4.98. The highest BCUT2D eigenvalue weighted by molar-refractivity contribution is 5.80. The highest BCUT2D eigenvalue weighted by Crippen LogP contribution is 2.21. The number of non-ortho nitro benzene ring substituents is 1. The third kappa shape index (κ3) is 3.89. The van der Waals surface area contributed by atoms with Gasteiger partial charge in [-0.1, -0.05) is 30.3 Å². The Morgan fingerprint density at radius 2 is 1.73 bits per heavy atom. The van der Waals surface area contributed by atoms with E-state index in [9.17, 15) is 10.1 Å². The second-order valence-corrected chi connectivity index (χ2v) is 5.69. The number of nitro benzene ring substituents is 1. The standard InChI is InChI=1S/C19H17N5O2/c1-13-14(2)21-19(16-6-4-3-5-7-16)22-18(13)23-20-12-15-8-10-17(11-9-15)24(25)26/h3-12H,1-2H3,(H,21,22,23). The van der Waals surface area contributed by atoms with Gasteiger partial charge < -0.3 is 0 Å². The maximum absolute atomic E-state index is 10.7. The van der Waals surface area contributed by atoms with Crippen molar-refractivity contribution in [3.8, 4) is 11.4 Å². The molecule has 0 bridgehead atoms. The van der Waals surface area contributed by atoms with Crippen molar-refractivity contribution in [2.24, 2.45) is 5.10 Å². The maximum atomic E-state index is 10.7. The van der Waals surface area contributed by atoms with Crippen molar-refractivity contribution in [2.75, 3.05) is 5.43 Å². The van der Waals surface area contributed by atoms with Crippen LogP contribution in [0, 0.1) is 24.0 Å². The molecule has 0 amide bonds. The molecule has 3 rings (SSSR count). The summed E-state index contributed by atoms with van der Waals surface area (Å²) >= 11 is 0. The molecule has 0 aliphatic carbocycles. The van der Waals surface area contributed by atoms with Gasteiger partial charge in [0.1, 0.15) is 0 Å². The van der Waals surface area contributed by atoms with Crippen molar-refractivity contribution in [3.05, 3.63) is 81.5 Å². The summed E-state index contributed by atoms with van der Waals surface area (Å²) in [6.45, 7) is 3.85. The SMILES string of the molecule is Cc1nc(-c2ccccc2)nc(NN=Cc2ccc([N+](=O)[O-])cc2)c1C. The molecule has 0 fully saturated rings. The van der Waals surface area contributed by atoms with E-state index in [1.54, 1.807) is 18.3 Å². The Hall–Kier alpha value is -3.61. The first-order valence-electron chi connectivity index (χ1n) is 7.99. The monoisotopic (exact) mass is 347 g/mol. The van der Waals surface area contributed by atoms with Gasteiger partial charge in [-0.3, -0.25) is 15.5 Å². The van der Waals surface area contributed by atoms with E-state index in [-0.39, 0.29) is 5.69 Å². The second kappa shape index (κ2) is 7.52. The number of nitrogens with zero attached hydrogens (tertiary/aromatic N) is 4. The molecule has 0 saturated carbocycles. The number of hydrogen-bond donors (Lipinski definition) is 1. The summed E-state index contributed by atoms with van der Waals surface area (Å²) in [6.07, 6.45) is 1.59. The number of aromatic nitrogens is 2. The van der Waals surface area contributed by atoms with E-state index in [0.717, 1.165) is 22.4 Å². The number of hydrazone groups is 1. The minimum atomic E-state index is -0.433. The first-order chi connectivity index (χ1) is 12.5. The van der Waals surface area contributed by atoms with Crippen molar-refractivity contribution in [3.63, 3.8) is 0 Å². The van der Waals surface area contributed by atoms with Crippen molar-refractivity contribution in [1.29, 1.82) is 0 Å². The molecule has 7 nitrogen and oxygen atoms in total. The molecule has 7 heteroatoms. The smallest absolute Gasteiger partial charge is 0.261 e. The average Bonchev–Trinajstić information content (AvgIpc) is 2.66. The number of aryl methyl sites for hydroxylation is 1. The maximum Gasteiger partial charge on any atom is 0.269 e. The fourth-order valence-corrected chi connectivity index (χ4v) is 2.30. The van der Waals surface area contributed by atoms with Crippen LogP contribution in [0.25, 0.3) is 11.4 Å². The molecule has 0 radical (unpaired) electrons. The normalized spacial score (nSPS) is 10.8. The van der Waals surface area contributed by atoms with Gasteiger partial charge in [-0.15, -0.1) is 0 Å². The second-order valence-electron chi connectivity index (χ2n) is 5.69. The fourth-order valence-electron chi connectivity index (χ4n) is 2.30. The molecule has 1 aromatic heterocycles. The van der Waals surface area contributed by atoms with Gasteiger partial charge in [-0.25, -0.2) is 9.97 Å². The summed E-state index contributed by atoms with van der Waals surface area (Å²) in [5.41, 5.74) is 6.43. The highest BCUT2D eigenvalue weighted by atomic mass is 16.6. The minimum Gasteiger partial charge on any atom is -0.261 e. The first kappa shape index (κ1) is 17.2. The fraction of sp³-hybridized carbons (Fsp3) is 0.105. The van der Waals surface area contributed by atoms with Gasteiger partial charge in [-0.05, 0) is 31.5 Å². The predicted octanol–water partition coefficient (Wildman–Crippen LogP) is 4.11. The molecule has 0 aliphatic rings. The summed E-state index contributed by atoms with van der Waals surface area (Å²) in [7, 11) is 0. The molecule has 1 N–H and O–H groups in total. The van der Waals surface area contributed by atoms with E-state index < -0.39 is 4.92 Å². The van der Waals surface area contributed by atoms with Crippen LogP contribution in [0.5, 0.6) is 0 Å². The van der Waals surface area contributed by atoms with E-state index >= 15 is 0 Å². The molecule has 0 atom stereocenters. The van der Waals surface area contributed by atoms with E-state index in [2.05, 4.69) is 20.5 Å². The van der Waals surface area contributed by atoms with Crippen molar-refractivity contribution in [1.82, 2.24) is 9.97 Å². The number of hydrogen-bond acceptors (Lipinski definition) is 6. The Bertz CT molecular complexity index is 954. The van der Waals surface area contributed by atoms with Gasteiger partial charge in [-0.2, -0.15) is 5.10 Å². The molecular weight excluding hydrogens is 330 g/mol. The minimum absolute atomic E-state index is 0.0462. The van der Waals surface area contributed by atoms with Gasteiger partial charge in [0.15, 0.2) is 11.6 Å². The van der Waals surface area contributed by atoms with Crippen LogP contribution in [0.1, 0.15) is 16.8 Å². The third-order valence-corrected chi connectivity index (χ3v) is 3.91. The molecule has 0 saturated heterocycles. The average molecular weight is 347 g/mol. The number of benzene rings is 2. The van der Waals surface area contributed by atoms with Crippen molar-refractivity contribution < 1.29 is 4.92 Å². The molecule has 0 unspecified atom stereocenters. The lowest BCUT2D eigenvalue weighted by Gasteiger charge is -2.09. The van der Waals surface area contributed by atoms with Gasteiger partial charge in [0.25, 0.3) is 5.69 Å². The van der Waals surface area contributed by atoms with Crippen LogP contribution < -0.4 is 5.43 Å². The lowest BCUT2D eigenvalue weighted by atomic mass is 10.2. The summed E-state index contributed by atoms with van der Waals surface area (Å²) < 4.78 is 0. The van der Waals surface area contributed by atoms with Crippen molar-refractivity contribution in [2.45, 2.75) is 13.8 Å². The Morgan fingerprint density at radius 3 is 2.38 bits per heavy atom. The van der Waals surface area contributed by atoms with Crippen LogP contribution in [0.15, 0.2) is 59.7 Å². The quantitative estimate of drug-likeness (QED) is 0.426. The third-order valence-electron chi connectivity index (χ3n) is 3.91. The molecule has 130 valence electrons. The molecule has 2 aromatic carbocycles. The lowest BCUT2D eigenvalue weighted by Crippen LogP contribution is -2.03. The van der Waals surface area contributed by atoms with Gasteiger partial charge in [0.05, 0.1) is 11.1 Å². The topological polar surface area (TPSA) is 93.3 Å². The van der Waals surface area contributed by atoms with Gasteiger partial charge in [0.2, 0.25) is 0 Å². The Balaban J connectivity index is 1.81. The van der Waals surface area contributed by atoms with Crippen LogP contribution in [-0.4, -0.2) is 21.1 Å². The molecule has 0 spiro atoms. The highest BCUT2D eigenvalue weighted by Gasteiger charge is 2.09. The zero-order valence-electron chi connectivity index (χ0n) is 14.4. The first-order valence-corrected chi connectivity index (χ1v) is 7.99. The van der Waals surface area contributed by atoms with E-state index in [4.69, 9.17) is 0 Å². The number of rotatable bonds is 5. The van der Waals surface area contributed by atoms with Crippen LogP contribution in [0.4, 0.5) is 11.5 Å². The van der Waals surface area contributed by atoms with Crippen LogP contribution >= 0.6 is 0 Å². The van der Waals surface area contributed by atoms with Crippen LogP contribution in [0.3, 0.4) is 0 Å². The summed E-state index contributed by atoms with van der Waals surface area (Å²) in [4.78, 5) is 19.3. The summed E-state index contributed by atoms with van der Waals surface area (Å²) in [5.74, 6) is 1.25. The number of nitrogens with one attached hydrogen (secondary N) is 1. The van der Waals surface area contributed by atoms with E-state index in [1.165, 1.54) is 12.1 Å². The summed E-state index contributed by atoms with van der Waals surface area (Å²) in [5, 5.41) is 14.9. The number of anilines is 1. The predicted molar refractivity (Wildman–Crippen MR) is 101 cm³/mol. The van der Waals surface area contributed by atoms with E-state index in [1.807, 2.05) is 44.2 Å². The van der Waals surface area contributed by atoms with Gasteiger partial charge >= 0.3 is 0 Å². The lowest BCUT2D eigenvalue weighted by molar-refractivity contribution is -0.384. The summed E-state index contributed by atoms with van der Waals surface area (Å²) in [6, 6.07) is 15.9. The Labute approximate surface area is 150 Å². The van der Waals surface area contributed by atoms with Crippen LogP contribution in [0.2, 0.25) is 0 Å². The van der Waals surface area contributed by atoms with Gasteiger partial charge in [0, 0.05) is 29.0 Å². The molecule has 26 heavy (non-hydrogen) atoms.